The Morgan fingerprint density at radius 3 is 1.52 bits per heavy atom. The zero-order valence-electron chi connectivity index (χ0n) is 18.3. The second kappa shape index (κ2) is 20.8. The Morgan fingerprint density at radius 2 is 1.11 bits per heavy atom. The SMILES string of the molecule is CCCCCCCCCCCCCCC(O)CCC(CCC)S(=O)(=O)[O-].[K+]. The monoisotopic (exact) mass is 430 g/mol. The molecule has 27 heavy (non-hydrogen) atoms. The van der Waals surface area contributed by atoms with Crippen LogP contribution in [-0.4, -0.2) is 29.4 Å². The topological polar surface area (TPSA) is 77.4 Å². The fourth-order valence-electron chi connectivity index (χ4n) is 3.50. The van der Waals surface area contributed by atoms with E-state index in [1.807, 2.05) is 6.92 Å². The van der Waals surface area contributed by atoms with Crippen LogP contribution in [0.5, 0.6) is 0 Å². The van der Waals surface area contributed by atoms with E-state index in [9.17, 15) is 18.1 Å². The van der Waals surface area contributed by atoms with Crippen LogP contribution in [0.15, 0.2) is 0 Å². The van der Waals surface area contributed by atoms with Gasteiger partial charge in [0.05, 0.1) is 16.2 Å². The maximum atomic E-state index is 11.2. The molecule has 158 valence electrons. The average Bonchev–Trinajstić information content (AvgIpc) is 2.58. The normalized spacial score (nSPS) is 13.9. The van der Waals surface area contributed by atoms with Gasteiger partial charge in [-0.3, -0.25) is 0 Å². The van der Waals surface area contributed by atoms with Gasteiger partial charge in [-0.05, 0) is 25.7 Å². The van der Waals surface area contributed by atoms with Crippen LogP contribution in [-0.2, 0) is 10.1 Å². The summed E-state index contributed by atoms with van der Waals surface area (Å²) in [6.07, 6.45) is 17.5. The predicted molar refractivity (Wildman–Crippen MR) is 109 cm³/mol. The summed E-state index contributed by atoms with van der Waals surface area (Å²) in [5.41, 5.74) is 0. The maximum Gasteiger partial charge on any atom is 1.00 e. The van der Waals surface area contributed by atoms with E-state index in [1.54, 1.807) is 0 Å². The standard InChI is InChI=1S/C21H44O4S.K/c1-3-5-6-7-8-9-10-11-12-13-14-15-17-20(22)18-19-21(16-4-2)26(23,24)25;/h20-22H,3-19H2,1-2H3,(H,23,24,25);/q;+1/p-1. The van der Waals surface area contributed by atoms with E-state index >= 15 is 0 Å². The number of aliphatic hydroxyl groups is 1. The van der Waals surface area contributed by atoms with E-state index < -0.39 is 21.5 Å². The van der Waals surface area contributed by atoms with Crippen LogP contribution in [0.2, 0.25) is 0 Å². The molecule has 2 atom stereocenters. The first kappa shape index (κ1) is 30.7. The van der Waals surface area contributed by atoms with Crippen LogP contribution in [0, 0.1) is 0 Å². The van der Waals surface area contributed by atoms with Crippen molar-refractivity contribution in [1.29, 1.82) is 0 Å². The molecule has 0 aliphatic heterocycles. The van der Waals surface area contributed by atoms with Gasteiger partial charge in [0.25, 0.3) is 0 Å². The number of hydrogen-bond acceptors (Lipinski definition) is 4. The largest absolute Gasteiger partial charge is 1.00 e. The van der Waals surface area contributed by atoms with Gasteiger partial charge < -0.3 is 9.66 Å². The number of rotatable bonds is 19. The van der Waals surface area contributed by atoms with Crippen molar-refractivity contribution in [2.75, 3.05) is 0 Å². The Labute approximate surface area is 211 Å². The molecule has 0 aromatic carbocycles. The smallest absolute Gasteiger partial charge is 0.748 e. The van der Waals surface area contributed by atoms with Gasteiger partial charge in [-0.2, -0.15) is 0 Å². The third-order valence-corrected chi connectivity index (χ3v) is 6.52. The summed E-state index contributed by atoms with van der Waals surface area (Å²) < 4.78 is 33.5. The Kier molecular flexibility index (Phi) is 23.6. The Bertz CT molecular complexity index is 401. The molecule has 2 unspecified atom stereocenters. The molecule has 0 rings (SSSR count). The van der Waals surface area contributed by atoms with E-state index in [4.69, 9.17) is 0 Å². The average molecular weight is 431 g/mol. The summed E-state index contributed by atoms with van der Waals surface area (Å²) in [5.74, 6) is 0. The Hall–Kier alpha value is 1.51. The molecule has 0 saturated heterocycles. The molecule has 0 radical (unpaired) electrons. The predicted octanol–water partition coefficient (Wildman–Crippen LogP) is 2.94. The van der Waals surface area contributed by atoms with Crippen LogP contribution in [0.4, 0.5) is 0 Å². The van der Waals surface area contributed by atoms with Crippen molar-refractivity contribution < 1.29 is 69.5 Å². The summed E-state index contributed by atoms with van der Waals surface area (Å²) in [6.45, 7) is 4.13. The van der Waals surface area contributed by atoms with Gasteiger partial charge in [0.2, 0.25) is 0 Å². The van der Waals surface area contributed by atoms with Crippen LogP contribution in [0.3, 0.4) is 0 Å². The molecule has 0 aromatic rings. The van der Waals surface area contributed by atoms with Crippen LogP contribution in [0.1, 0.15) is 123 Å². The summed E-state index contributed by atoms with van der Waals surface area (Å²) in [6, 6.07) is 0. The van der Waals surface area contributed by atoms with Crippen molar-refractivity contribution in [1.82, 2.24) is 0 Å². The summed E-state index contributed by atoms with van der Waals surface area (Å²) >= 11 is 0. The van der Waals surface area contributed by atoms with Crippen molar-refractivity contribution >= 4 is 10.1 Å². The Balaban J connectivity index is 0. The molecule has 0 heterocycles. The zero-order chi connectivity index (χ0) is 19.7. The van der Waals surface area contributed by atoms with Crippen LogP contribution in [0.25, 0.3) is 0 Å². The molecule has 1 N–H and O–H groups in total. The minimum absolute atomic E-state index is 0. The molecule has 0 amide bonds. The first-order chi connectivity index (χ1) is 12.4. The second-order valence-electron chi connectivity index (χ2n) is 7.81. The summed E-state index contributed by atoms with van der Waals surface area (Å²) in [4.78, 5) is 0. The molecular weight excluding hydrogens is 387 g/mol. The van der Waals surface area contributed by atoms with Crippen molar-refractivity contribution in [3.05, 3.63) is 0 Å². The van der Waals surface area contributed by atoms with Gasteiger partial charge in [-0.25, -0.2) is 8.42 Å². The van der Waals surface area contributed by atoms with E-state index in [1.165, 1.54) is 64.2 Å². The second-order valence-corrected chi connectivity index (χ2v) is 9.46. The van der Waals surface area contributed by atoms with Gasteiger partial charge in [-0.15, -0.1) is 0 Å². The molecule has 0 aromatic heterocycles. The first-order valence-corrected chi connectivity index (χ1v) is 12.5. The van der Waals surface area contributed by atoms with E-state index in [0.717, 1.165) is 19.3 Å². The van der Waals surface area contributed by atoms with Crippen LogP contribution < -0.4 is 51.4 Å². The molecule has 0 fully saturated rings. The minimum Gasteiger partial charge on any atom is -0.748 e. The summed E-state index contributed by atoms with van der Waals surface area (Å²) in [7, 11) is -4.23. The third-order valence-electron chi connectivity index (χ3n) is 5.23. The first-order valence-electron chi connectivity index (χ1n) is 11.0. The third kappa shape index (κ3) is 20.6. The van der Waals surface area contributed by atoms with Crippen LogP contribution >= 0.6 is 0 Å². The summed E-state index contributed by atoms with van der Waals surface area (Å²) in [5, 5.41) is 9.17. The Morgan fingerprint density at radius 1 is 0.667 bits per heavy atom. The van der Waals surface area contributed by atoms with Crippen molar-refractivity contribution in [3.8, 4) is 0 Å². The van der Waals surface area contributed by atoms with Crippen molar-refractivity contribution in [2.45, 2.75) is 134 Å². The van der Waals surface area contributed by atoms with E-state index in [-0.39, 0.29) is 51.4 Å². The number of aliphatic hydroxyl groups excluding tert-OH is 1. The van der Waals surface area contributed by atoms with E-state index in [2.05, 4.69) is 6.92 Å². The van der Waals surface area contributed by atoms with Gasteiger partial charge in [0.15, 0.2) is 0 Å². The zero-order valence-corrected chi connectivity index (χ0v) is 22.2. The van der Waals surface area contributed by atoms with Crippen molar-refractivity contribution in [2.24, 2.45) is 0 Å². The quantitative estimate of drug-likeness (QED) is 0.194. The van der Waals surface area contributed by atoms with Crippen molar-refractivity contribution in [3.63, 3.8) is 0 Å². The fraction of sp³-hybridized carbons (Fsp3) is 1.00. The fourth-order valence-corrected chi connectivity index (χ4v) is 4.45. The van der Waals surface area contributed by atoms with E-state index in [0.29, 0.717) is 25.7 Å². The molecule has 0 aliphatic carbocycles. The molecule has 0 aliphatic rings. The molecule has 0 spiro atoms. The minimum atomic E-state index is -4.23. The number of hydrogen-bond donors (Lipinski definition) is 1. The molecule has 4 nitrogen and oxygen atoms in total. The maximum absolute atomic E-state index is 11.2. The number of unbranched alkanes of at least 4 members (excludes halogenated alkanes) is 11. The van der Waals surface area contributed by atoms with Gasteiger partial charge in [0, 0.05) is 5.25 Å². The molecule has 6 heteroatoms. The molecule has 0 saturated carbocycles. The molecular formula is C21H43KO4S. The molecule has 0 bridgehead atoms. The van der Waals surface area contributed by atoms with Gasteiger partial charge in [0.1, 0.15) is 0 Å². The van der Waals surface area contributed by atoms with Gasteiger partial charge in [-0.1, -0.05) is 97.3 Å². The van der Waals surface area contributed by atoms with Gasteiger partial charge >= 0.3 is 51.4 Å².